The van der Waals surface area contributed by atoms with Gasteiger partial charge in [0.05, 0.1) is 30.4 Å². The molecule has 8 heteroatoms. The highest BCUT2D eigenvalue weighted by Gasteiger charge is 2.33. The molecule has 0 spiro atoms. The van der Waals surface area contributed by atoms with E-state index in [4.69, 9.17) is 21.3 Å². The number of nitrogens with zero attached hydrogens (tertiary/aromatic N) is 3. The lowest BCUT2D eigenvalue weighted by Gasteiger charge is -2.30. The van der Waals surface area contributed by atoms with E-state index in [0.29, 0.717) is 29.6 Å². The average Bonchev–Trinajstić information content (AvgIpc) is 2.97. The van der Waals surface area contributed by atoms with Gasteiger partial charge in [0.2, 0.25) is 0 Å². The van der Waals surface area contributed by atoms with E-state index in [0.717, 1.165) is 29.2 Å². The second-order valence-corrected chi connectivity index (χ2v) is 9.51. The van der Waals surface area contributed by atoms with E-state index in [2.05, 4.69) is 17.1 Å². The summed E-state index contributed by atoms with van der Waals surface area (Å²) in [7, 11) is 1.83. The molecule has 1 aliphatic rings. The summed E-state index contributed by atoms with van der Waals surface area (Å²) in [4.78, 5) is 20.3. The zero-order valence-corrected chi connectivity index (χ0v) is 20.5. The first kappa shape index (κ1) is 24.1. The SMILES string of the molecule is CCC1=Nc2c(c(OC(C)C)c(C(=O)NC(C)(C)CO)n2C)CN1Cc1cccc(Cl)c1. The molecule has 0 saturated carbocycles. The van der Waals surface area contributed by atoms with Crippen molar-refractivity contribution >= 4 is 29.2 Å². The summed E-state index contributed by atoms with van der Waals surface area (Å²) in [5.41, 5.74) is 1.63. The summed E-state index contributed by atoms with van der Waals surface area (Å²) in [5, 5.41) is 13.2. The first-order chi connectivity index (χ1) is 15.1. The highest BCUT2D eigenvalue weighted by molar-refractivity contribution is 6.30. The predicted octanol–water partition coefficient (Wildman–Crippen LogP) is 4.42. The Bertz CT molecular complexity index is 1030. The molecule has 0 atom stereocenters. The van der Waals surface area contributed by atoms with Crippen molar-refractivity contribution in [3.8, 4) is 5.75 Å². The molecule has 2 heterocycles. The van der Waals surface area contributed by atoms with Crippen molar-refractivity contribution in [2.45, 2.75) is 65.8 Å². The second kappa shape index (κ2) is 9.55. The Labute approximate surface area is 195 Å². The van der Waals surface area contributed by atoms with E-state index < -0.39 is 5.54 Å². The number of carbonyl (C=O) groups is 1. The molecule has 0 radical (unpaired) electrons. The molecule has 174 valence electrons. The van der Waals surface area contributed by atoms with Crippen LogP contribution in [-0.2, 0) is 20.1 Å². The molecule has 0 saturated heterocycles. The van der Waals surface area contributed by atoms with Crippen LogP contribution in [0.3, 0.4) is 0 Å². The molecule has 1 aromatic carbocycles. The third kappa shape index (κ3) is 5.10. The molecule has 1 amide bonds. The molecule has 0 aliphatic carbocycles. The van der Waals surface area contributed by atoms with Gasteiger partial charge in [-0.05, 0) is 45.4 Å². The lowest BCUT2D eigenvalue weighted by Crippen LogP contribution is -2.46. The van der Waals surface area contributed by atoms with Gasteiger partial charge < -0.3 is 24.6 Å². The van der Waals surface area contributed by atoms with E-state index in [-0.39, 0.29) is 18.6 Å². The summed E-state index contributed by atoms with van der Waals surface area (Å²) >= 11 is 6.19. The maximum Gasteiger partial charge on any atom is 0.272 e. The number of aliphatic hydroxyl groups excluding tert-OH is 1. The Kier molecular flexibility index (Phi) is 7.20. The van der Waals surface area contributed by atoms with Crippen molar-refractivity contribution in [1.29, 1.82) is 0 Å². The number of halogens is 1. The van der Waals surface area contributed by atoms with Gasteiger partial charge in [-0.15, -0.1) is 0 Å². The van der Waals surface area contributed by atoms with Gasteiger partial charge in [-0.1, -0.05) is 30.7 Å². The topological polar surface area (TPSA) is 79.1 Å². The van der Waals surface area contributed by atoms with Crippen LogP contribution < -0.4 is 10.1 Å². The third-order valence-electron chi connectivity index (χ3n) is 5.36. The van der Waals surface area contributed by atoms with Gasteiger partial charge in [-0.3, -0.25) is 4.79 Å². The highest BCUT2D eigenvalue weighted by Crippen LogP contribution is 2.40. The van der Waals surface area contributed by atoms with Crippen molar-refractivity contribution in [3.05, 3.63) is 46.1 Å². The van der Waals surface area contributed by atoms with Crippen LogP contribution in [0.2, 0.25) is 5.02 Å². The maximum absolute atomic E-state index is 13.2. The second-order valence-electron chi connectivity index (χ2n) is 9.07. The van der Waals surface area contributed by atoms with Gasteiger partial charge in [0.1, 0.15) is 11.7 Å². The number of ether oxygens (including phenoxy) is 1. The zero-order valence-electron chi connectivity index (χ0n) is 19.7. The molecule has 0 unspecified atom stereocenters. The monoisotopic (exact) mass is 460 g/mol. The molecule has 2 N–H and O–H groups in total. The number of rotatable bonds is 8. The number of fused-ring (bicyclic) bond motifs is 1. The average molecular weight is 461 g/mol. The maximum atomic E-state index is 13.2. The van der Waals surface area contributed by atoms with Crippen LogP contribution in [-0.4, -0.2) is 44.6 Å². The first-order valence-corrected chi connectivity index (χ1v) is 11.3. The van der Waals surface area contributed by atoms with E-state index in [9.17, 15) is 9.90 Å². The van der Waals surface area contributed by atoms with Crippen LogP contribution in [0.25, 0.3) is 0 Å². The minimum atomic E-state index is -0.757. The Morgan fingerprint density at radius 2 is 2.09 bits per heavy atom. The number of amides is 1. The van der Waals surface area contributed by atoms with Gasteiger partial charge in [-0.25, -0.2) is 4.99 Å². The molecule has 7 nitrogen and oxygen atoms in total. The Morgan fingerprint density at radius 1 is 1.38 bits per heavy atom. The number of benzene rings is 1. The number of hydrogen-bond donors (Lipinski definition) is 2. The smallest absolute Gasteiger partial charge is 0.272 e. The largest absolute Gasteiger partial charge is 0.488 e. The number of aliphatic imine (C=N–C) groups is 1. The van der Waals surface area contributed by atoms with Crippen LogP contribution in [0.4, 0.5) is 5.82 Å². The van der Waals surface area contributed by atoms with Crippen molar-refractivity contribution in [2.75, 3.05) is 6.61 Å². The number of aromatic nitrogens is 1. The van der Waals surface area contributed by atoms with E-state index in [1.54, 1.807) is 18.4 Å². The van der Waals surface area contributed by atoms with Gasteiger partial charge in [0.25, 0.3) is 5.91 Å². The molecule has 0 bridgehead atoms. The number of nitrogens with one attached hydrogen (secondary N) is 1. The highest BCUT2D eigenvalue weighted by atomic mass is 35.5. The molecule has 3 rings (SSSR count). The number of hydrogen-bond acceptors (Lipinski definition) is 5. The Hall–Kier alpha value is -2.51. The van der Waals surface area contributed by atoms with Crippen LogP contribution in [0, 0.1) is 0 Å². The minimum Gasteiger partial charge on any atom is -0.488 e. The van der Waals surface area contributed by atoms with Crippen LogP contribution in [0.15, 0.2) is 29.3 Å². The fourth-order valence-electron chi connectivity index (χ4n) is 3.79. The van der Waals surface area contributed by atoms with E-state index in [1.807, 2.05) is 45.2 Å². The lowest BCUT2D eigenvalue weighted by molar-refractivity contribution is 0.0855. The van der Waals surface area contributed by atoms with Crippen LogP contribution in [0.5, 0.6) is 5.75 Å². The van der Waals surface area contributed by atoms with Gasteiger partial charge in [0.15, 0.2) is 11.4 Å². The zero-order chi connectivity index (χ0) is 23.6. The molecule has 0 fully saturated rings. The summed E-state index contributed by atoms with van der Waals surface area (Å²) in [6.07, 6.45) is 0.641. The molecule has 1 aliphatic heterocycles. The van der Waals surface area contributed by atoms with Crippen molar-refractivity contribution in [1.82, 2.24) is 14.8 Å². The Balaban J connectivity index is 2.05. The van der Waals surface area contributed by atoms with E-state index >= 15 is 0 Å². The quantitative estimate of drug-likeness (QED) is 0.611. The molecule has 2 aromatic rings. The lowest BCUT2D eigenvalue weighted by atomic mass is 10.1. The molecular formula is C24H33ClN4O3. The van der Waals surface area contributed by atoms with Crippen LogP contribution >= 0.6 is 11.6 Å². The molecule has 32 heavy (non-hydrogen) atoms. The fraction of sp³-hybridized carbons (Fsp3) is 0.500. The molecular weight excluding hydrogens is 428 g/mol. The summed E-state index contributed by atoms with van der Waals surface area (Å²) in [6, 6.07) is 7.80. The summed E-state index contributed by atoms with van der Waals surface area (Å²) in [5.74, 6) is 1.91. The standard InChI is InChI=1S/C24H33ClN4O3/c1-7-19-26-22-18(13-29(19)12-16-9-8-10-17(25)11-16)21(32-15(2)3)20(28(22)6)23(31)27-24(4,5)14-30/h8-11,15,30H,7,12-14H2,1-6H3,(H,27,31). The van der Waals surface area contributed by atoms with Crippen molar-refractivity contribution in [2.24, 2.45) is 12.0 Å². The third-order valence-corrected chi connectivity index (χ3v) is 5.59. The predicted molar refractivity (Wildman–Crippen MR) is 128 cm³/mol. The number of aliphatic hydroxyl groups is 1. The molecule has 1 aromatic heterocycles. The Morgan fingerprint density at radius 3 is 2.69 bits per heavy atom. The number of carbonyl (C=O) groups excluding carboxylic acids is 1. The van der Waals surface area contributed by atoms with Gasteiger partial charge in [-0.2, -0.15) is 0 Å². The summed E-state index contributed by atoms with van der Waals surface area (Å²) in [6.45, 7) is 10.5. The van der Waals surface area contributed by atoms with Crippen molar-refractivity contribution < 1.29 is 14.6 Å². The van der Waals surface area contributed by atoms with E-state index in [1.165, 1.54) is 0 Å². The van der Waals surface area contributed by atoms with Crippen LogP contribution in [0.1, 0.15) is 62.7 Å². The number of amidine groups is 1. The normalized spacial score (nSPS) is 13.8. The van der Waals surface area contributed by atoms with Gasteiger partial charge >= 0.3 is 0 Å². The first-order valence-electron chi connectivity index (χ1n) is 10.9. The fourth-order valence-corrected chi connectivity index (χ4v) is 4.01. The van der Waals surface area contributed by atoms with Gasteiger partial charge in [0, 0.05) is 25.0 Å². The van der Waals surface area contributed by atoms with Crippen molar-refractivity contribution in [3.63, 3.8) is 0 Å². The summed E-state index contributed by atoms with van der Waals surface area (Å²) < 4.78 is 7.95. The minimum absolute atomic E-state index is 0.114.